The molecular formula is C21H16FN3O2. The number of phenolic OH excluding ortho intramolecular Hbond substituents is 1. The van der Waals surface area contributed by atoms with E-state index in [-0.39, 0.29) is 11.6 Å². The number of aromatic nitrogens is 2. The second-order valence-electron chi connectivity index (χ2n) is 5.91. The molecule has 0 bridgehead atoms. The van der Waals surface area contributed by atoms with E-state index in [2.05, 4.69) is 9.98 Å². The zero-order valence-electron chi connectivity index (χ0n) is 14.5. The van der Waals surface area contributed by atoms with Gasteiger partial charge in [0.1, 0.15) is 17.2 Å². The second kappa shape index (κ2) is 6.92. The predicted molar refractivity (Wildman–Crippen MR) is 102 cm³/mol. The number of rotatable bonds is 4. The van der Waals surface area contributed by atoms with Crippen LogP contribution in [-0.2, 0) is 0 Å². The van der Waals surface area contributed by atoms with Crippen molar-refractivity contribution in [1.82, 2.24) is 9.38 Å². The van der Waals surface area contributed by atoms with E-state index in [1.54, 1.807) is 36.5 Å². The maximum absolute atomic E-state index is 13.1. The average molecular weight is 361 g/mol. The van der Waals surface area contributed by atoms with Crippen LogP contribution in [0.3, 0.4) is 0 Å². The number of benzene rings is 2. The Balaban J connectivity index is 1.86. The third-order valence-corrected chi connectivity index (χ3v) is 4.16. The second-order valence-corrected chi connectivity index (χ2v) is 5.91. The minimum atomic E-state index is -0.293. The summed E-state index contributed by atoms with van der Waals surface area (Å²) < 4.78 is 20.2. The van der Waals surface area contributed by atoms with Crippen LogP contribution < -0.4 is 4.74 Å². The Morgan fingerprint density at radius 1 is 1.11 bits per heavy atom. The number of nitrogens with zero attached hydrogens (tertiary/aromatic N) is 3. The fourth-order valence-electron chi connectivity index (χ4n) is 2.81. The van der Waals surface area contributed by atoms with Gasteiger partial charge in [-0.05, 0) is 48.0 Å². The van der Waals surface area contributed by atoms with Crippen molar-refractivity contribution in [3.8, 4) is 22.8 Å². The molecular weight excluding hydrogens is 345 g/mol. The van der Waals surface area contributed by atoms with Gasteiger partial charge in [0.2, 0.25) is 0 Å². The summed E-state index contributed by atoms with van der Waals surface area (Å²) in [6.45, 7) is 0. The van der Waals surface area contributed by atoms with Gasteiger partial charge >= 0.3 is 0 Å². The summed E-state index contributed by atoms with van der Waals surface area (Å²) in [5.74, 6) is 0.751. The maximum atomic E-state index is 13.1. The largest absolute Gasteiger partial charge is 0.504 e. The molecule has 5 nitrogen and oxygen atoms in total. The van der Waals surface area contributed by atoms with Gasteiger partial charge in [0.15, 0.2) is 17.3 Å². The van der Waals surface area contributed by atoms with Crippen LogP contribution in [0.25, 0.3) is 16.9 Å². The molecule has 0 atom stereocenters. The zero-order chi connectivity index (χ0) is 18.8. The smallest absolute Gasteiger partial charge is 0.165 e. The Bertz CT molecular complexity index is 1130. The third kappa shape index (κ3) is 3.25. The number of fused-ring (bicyclic) bond motifs is 1. The summed E-state index contributed by atoms with van der Waals surface area (Å²) in [6, 6.07) is 16.8. The monoisotopic (exact) mass is 361 g/mol. The van der Waals surface area contributed by atoms with Crippen LogP contribution in [0.15, 0.2) is 71.9 Å². The van der Waals surface area contributed by atoms with Gasteiger partial charge in [-0.1, -0.05) is 18.2 Å². The number of aliphatic imine (C=N–C) groups is 1. The molecule has 27 heavy (non-hydrogen) atoms. The van der Waals surface area contributed by atoms with Crippen LogP contribution in [0.5, 0.6) is 11.5 Å². The minimum absolute atomic E-state index is 0.0568. The van der Waals surface area contributed by atoms with E-state index >= 15 is 0 Å². The van der Waals surface area contributed by atoms with Gasteiger partial charge in [-0.2, -0.15) is 0 Å². The molecule has 0 saturated carbocycles. The number of ether oxygens (including phenoxy) is 1. The van der Waals surface area contributed by atoms with Gasteiger partial charge in [0.25, 0.3) is 0 Å². The van der Waals surface area contributed by atoms with Crippen molar-refractivity contribution in [2.45, 2.75) is 0 Å². The highest BCUT2D eigenvalue weighted by molar-refractivity contribution is 5.85. The van der Waals surface area contributed by atoms with E-state index in [4.69, 9.17) is 4.74 Å². The van der Waals surface area contributed by atoms with E-state index in [1.165, 1.54) is 19.2 Å². The highest BCUT2D eigenvalue weighted by atomic mass is 19.1. The Labute approximate surface area is 155 Å². The first kappa shape index (κ1) is 16.8. The van der Waals surface area contributed by atoms with Gasteiger partial charge in [-0.25, -0.2) is 14.4 Å². The first-order valence-corrected chi connectivity index (χ1v) is 8.30. The fraction of sp³-hybridized carbons (Fsp3) is 0.0476. The molecule has 0 saturated heterocycles. The zero-order valence-corrected chi connectivity index (χ0v) is 14.5. The van der Waals surface area contributed by atoms with Gasteiger partial charge in [-0.15, -0.1) is 0 Å². The van der Waals surface area contributed by atoms with Crippen LogP contribution in [0.1, 0.15) is 5.56 Å². The van der Waals surface area contributed by atoms with Gasteiger partial charge in [0.05, 0.1) is 7.11 Å². The van der Waals surface area contributed by atoms with Crippen molar-refractivity contribution in [3.05, 3.63) is 78.2 Å². The summed E-state index contributed by atoms with van der Waals surface area (Å²) in [7, 11) is 1.50. The van der Waals surface area contributed by atoms with Crippen molar-refractivity contribution in [2.24, 2.45) is 4.99 Å². The summed E-state index contributed by atoms with van der Waals surface area (Å²) >= 11 is 0. The molecule has 0 aliphatic rings. The highest BCUT2D eigenvalue weighted by Gasteiger charge is 2.15. The molecule has 0 unspecified atom stereocenters. The summed E-state index contributed by atoms with van der Waals surface area (Å²) in [5, 5.41) is 9.85. The van der Waals surface area contributed by atoms with Gasteiger partial charge in [0, 0.05) is 18.0 Å². The van der Waals surface area contributed by atoms with Crippen LogP contribution in [0.2, 0.25) is 0 Å². The molecule has 0 aliphatic carbocycles. The number of phenols is 1. The van der Waals surface area contributed by atoms with Crippen molar-refractivity contribution in [2.75, 3.05) is 7.11 Å². The van der Waals surface area contributed by atoms with E-state index in [0.29, 0.717) is 17.3 Å². The Kier molecular flexibility index (Phi) is 4.30. The minimum Gasteiger partial charge on any atom is -0.504 e. The molecule has 4 rings (SSSR count). The Hall–Kier alpha value is -3.67. The number of hydrogen-bond donors (Lipinski definition) is 1. The number of pyridine rings is 1. The number of methoxy groups -OCH3 is 1. The molecule has 1 N–H and O–H groups in total. The van der Waals surface area contributed by atoms with Crippen LogP contribution in [-0.4, -0.2) is 27.8 Å². The van der Waals surface area contributed by atoms with E-state index in [9.17, 15) is 9.50 Å². The molecule has 0 radical (unpaired) electrons. The molecule has 2 aromatic heterocycles. The van der Waals surface area contributed by atoms with Crippen molar-refractivity contribution in [3.63, 3.8) is 0 Å². The highest BCUT2D eigenvalue weighted by Crippen LogP contribution is 2.36. The van der Waals surface area contributed by atoms with E-state index in [1.807, 2.05) is 28.8 Å². The van der Waals surface area contributed by atoms with Crippen molar-refractivity contribution >= 4 is 17.7 Å². The van der Waals surface area contributed by atoms with Gasteiger partial charge in [-0.3, -0.25) is 4.40 Å². The summed E-state index contributed by atoms with van der Waals surface area (Å²) in [5.41, 5.74) is 2.93. The lowest BCUT2D eigenvalue weighted by Crippen LogP contribution is -1.87. The molecule has 4 aromatic rings. The van der Waals surface area contributed by atoms with Crippen LogP contribution in [0.4, 0.5) is 10.2 Å². The third-order valence-electron chi connectivity index (χ3n) is 4.16. The molecule has 134 valence electrons. The normalized spacial score (nSPS) is 11.3. The quantitative estimate of drug-likeness (QED) is 0.540. The standard InChI is InChI=1S/C21H16FN3O2/c1-27-18-12-15(7-10-17(18)26)20-21(25-11-3-2-4-19(25)24-20)23-13-14-5-8-16(22)9-6-14/h2-13,26H,1H3/b23-13+. The van der Waals surface area contributed by atoms with Gasteiger partial charge < -0.3 is 9.84 Å². The first-order chi connectivity index (χ1) is 13.2. The first-order valence-electron chi connectivity index (χ1n) is 8.30. The number of aromatic hydroxyl groups is 1. The summed E-state index contributed by atoms with van der Waals surface area (Å²) in [6.07, 6.45) is 3.54. The van der Waals surface area contributed by atoms with E-state index < -0.39 is 0 Å². The number of hydrogen-bond acceptors (Lipinski definition) is 4. The van der Waals surface area contributed by atoms with Crippen molar-refractivity contribution < 1.29 is 14.2 Å². The topological polar surface area (TPSA) is 59.1 Å². The maximum Gasteiger partial charge on any atom is 0.165 e. The molecule has 0 aliphatic heterocycles. The lowest BCUT2D eigenvalue weighted by atomic mass is 10.1. The Morgan fingerprint density at radius 2 is 1.93 bits per heavy atom. The molecule has 2 aromatic carbocycles. The predicted octanol–water partition coefficient (Wildman–Crippen LogP) is 4.61. The molecule has 0 fully saturated rings. The SMILES string of the molecule is COc1cc(-c2nc3ccccn3c2/N=C/c2ccc(F)cc2)ccc1O. The number of imidazole rings is 1. The molecule has 0 amide bonds. The van der Waals surface area contributed by atoms with E-state index in [0.717, 1.165) is 16.8 Å². The molecule has 0 spiro atoms. The van der Waals surface area contributed by atoms with Crippen LogP contribution >= 0.6 is 0 Å². The average Bonchev–Trinajstić information content (AvgIpc) is 3.06. The molecule has 6 heteroatoms. The number of halogens is 1. The van der Waals surface area contributed by atoms with Crippen molar-refractivity contribution in [1.29, 1.82) is 0 Å². The Morgan fingerprint density at radius 3 is 2.70 bits per heavy atom. The molecule has 2 heterocycles. The lowest BCUT2D eigenvalue weighted by Gasteiger charge is -2.06. The fourth-order valence-corrected chi connectivity index (χ4v) is 2.81. The lowest BCUT2D eigenvalue weighted by molar-refractivity contribution is 0.373. The van der Waals surface area contributed by atoms with Crippen LogP contribution in [0, 0.1) is 5.82 Å². The summed E-state index contributed by atoms with van der Waals surface area (Å²) in [4.78, 5) is 9.26.